The molecule has 7 heteroatoms. The van der Waals surface area contributed by atoms with Gasteiger partial charge in [0.1, 0.15) is 5.57 Å². The van der Waals surface area contributed by atoms with Crippen molar-refractivity contribution >= 4 is 5.97 Å². The summed E-state index contributed by atoms with van der Waals surface area (Å²) in [6, 6.07) is 0. The van der Waals surface area contributed by atoms with E-state index >= 15 is 0 Å². The molecule has 0 fully saturated rings. The zero-order valence-electron chi connectivity index (χ0n) is 8.94. The maximum atomic E-state index is 13.2. The van der Waals surface area contributed by atoms with Crippen LogP contribution in [0.3, 0.4) is 0 Å². The third-order valence-electron chi connectivity index (χ3n) is 2.18. The van der Waals surface area contributed by atoms with Crippen molar-refractivity contribution in [2.75, 3.05) is 0 Å². The summed E-state index contributed by atoms with van der Waals surface area (Å²) >= 11 is 0. The second-order valence-corrected chi connectivity index (χ2v) is 3.37. The van der Waals surface area contributed by atoms with Crippen LogP contribution in [0.15, 0.2) is 29.5 Å². The lowest BCUT2D eigenvalue weighted by Crippen LogP contribution is -2.14. The van der Waals surface area contributed by atoms with Gasteiger partial charge >= 0.3 is 5.97 Å². The molecule has 0 aromatic heterocycles. The van der Waals surface area contributed by atoms with Crippen LogP contribution < -0.4 is 4.74 Å². The van der Waals surface area contributed by atoms with Crippen molar-refractivity contribution in [3.05, 3.63) is 58.6 Å². The lowest BCUT2D eigenvalue weighted by Gasteiger charge is -2.08. The highest BCUT2D eigenvalue weighted by atomic mass is 19.2. The van der Waals surface area contributed by atoms with Crippen LogP contribution in [-0.2, 0) is 4.79 Å². The van der Waals surface area contributed by atoms with E-state index in [1.807, 2.05) is 0 Å². The first-order chi connectivity index (χ1) is 8.93. The van der Waals surface area contributed by atoms with Crippen molar-refractivity contribution in [1.82, 2.24) is 0 Å². The highest BCUT2D eigenvalue weighted by Gasteiger charge is 2.29. The minimum Gasteiger partial charge on any atom is -0.416 e. The predicted octanol–water partition coefficient (Wildman–Crippen LogP) is 2.94. The van der Waals surface area contributed by atoms with Crippen molar-refractivity contribution in [2.24, 2.45) is 0 Å². The minimum absolute atomic E-state index is 0.205. The van der Waals surface area contributed by atoms with E-state index in [-0.39, 0.29) is 5.57 Å². The van der Waals surface area contributed by atoms with Gasteiger partial charge in [-0.2, -0.15) is 8.78 Å². The maximum absolute atomic E-state index is 13.2. The largest absolute Gasteiger partial charge is 0.416 e. The van der Waals surface area contributed by atoms with Crippen LogP contribution in [0.4, 0.5) is 22.0 Å². The quantitative estimate of drug-likeness (QED) is 0.207. The second-order valence-electron chi connectivity index (χ2n) is 3.37. The Bertz CT molecular complexity index is 640. The maximum Gasteiger partial charge on any atom is 0.351 e. The smallest absolute Gasteiger partial charge is 0.351 e. The molecule has 0 atom stereocenters. The molecule has 1 aromatic rings. The zero-order chi connectivity index (χ0) is 14.2. The number of esters is 1. The Labute approximate surface area is 103 Å². The van der Waals surface area contributed by atoms with Crippen LogP contribution in [0.5, 0.6) is 5.75 Å². The highest BCUT2D eigenvalue weighted by Crippen LogP contribution is 2.29. The van der Waals surface area contributed by atoms with Crippen molar-refractivity contribution in [3.63, 3.8) is 0 Å². The first kappa shape index (κ1) is 13.0. The minimum atomic E-state index is -2.32. The molecular formula is C12H3F5O2. The van der Waals surface area contributed by atoms with E-state index in [4.69, 9.17) is 0 Å². The number of benzene rings is 1. The topological polar surface area (TPSA) is 26.3 Å². The number of ether oxygens (including phenoxy) is 1. The Morgan fingerprint density at radius 2 is 1.47 bits per heavy atom. The van der Waals surface area contributed by atoms with Crippen molar-refractivity contribution in [3.8, 4) is 5.75 Å². The number of hydrogen-bond acceptors (Lipinski definition) is 2. The predicted molar refractivity (Wildman–Crippen MR) is 52.6 cm³/mol. The van der Waals surface area contributed by atoms with E-state index < -0.39 is 40.8 Å². The van der Waals surface area contributed by atoms with Crippen LogP contribution in [0.25, 0.3) is 0 Å². The van der Waals surface area contributed by atoms with Gasteiger partial charge in [-0.05, 0) is 12.2 Å². The van der Waals surface area contributed by atoms with E-state index in [0.717, 1.165) is 0 Å². The third kappa shape index (κ3) is 2.15. The monoisotopic (exact) mass is 274 g/mol. The molecule has 19 heavy (non-hydrogen) atoms. The Kier molecular flexibility index (Phi) is 3.23. The molecule has 1 aliphatic rings. The number of halogens is 5. The van der Waals surface area contributed by atoms with Gasteiger partial charge in [-0.25, -0.2) is 18.0 Å². The van der Waals surface area contributed by atoms with Gasteiger partial charge in [0.2, 0.25) is 34.8 Å². The molecule has 2 nitrogen and oxygen atoms in total. The number of rotatable bonds is 2. The van der Waals surface area contributed by atoms with E-state index in [9.17, 15) is 26.7 Å². The molecule has 0 bridgehead atoms. The fourth-order valence-electron chi connectivity index (χ4n) is 1.28. The van der Waals surface area contributed by atoms with E-state index in [2.05, 4.69) is 10.5 Å². The van der Waals surface area contributed by atoms with Crippen LogP contribution in [0.2, 0.25) is 0 Å². The number of hydrogen-bond donors (Lipinski definition) is 0. The van der Waals surface area contributed by atoms with Gasteiger partial charge in [0.15, 0.2) is 0 Å². The Morgan fingerprint density at radius 3 is 1.95 bits per heavy atom. The van der Waals surface area contributed by atoms with Crippen LogP contribution in [0, 0.1) is 29.1 Å². The average Bonchev–Trinajstić information content (AvgIpc) is 2.93. The molecule has 1 aromatic carbocycles. The lowest BCUT2D eigenvalue weighted by atomic mass is 10.2. The van der Waals surface area contributed by atoms with Gasteiger partial charge in [0.25, 0.3) is 0 Å². The fraction of sp³-hybridized carbons (Fsp3) is 0. The Morgan fingerprint density at radius 1 is 0.947 bits per heavy atom. The van der Waals surface area contributed by atoms with E-state index in [1.54, 1.807) is 0 Å². The van der Waals surface area contributed by atoms with Gasteiger partial charge in [-0.15, -0.1) is 5.73 Å². The summed E-state index contributed by atoms with van der Waals surface area (Å²) in [5.41, 5.74) is 2.15. The van der Waals surface area contributed by atoms with Crippen molar-refractivity contribution in [1.29, 1.82) is 0 Å². The lowest BCUT2D eigenvalue weighted by molar-refractivity contribution is -0.130. The molecule has 0 spiro atoms. The zero-order valence-corrected chi connectivity index (χ0v) is 8.94. The Hall–Kier alpha value is -2.40. The van der Waals surface area contributed by atoms with Crippen molar-refractivity contribution in [2.45, 2.75) is 0 Å². The van der Waals surface area contributed by atoms with Gasteiger partial charge in [-0.3, -0.25) is 0 Å². The van der Waals surface area contributed by atoms with Gasteiger partial charge in [0, 0.05) is 0 Å². The third-order valence-corrected chi connectivity index (χ3v) is 2.18. The molecule has 0 saturated heterocycles. The molecule has 0 unspecified atom stereocenters. The summed E-state index contributed by atoms with van der Waals surface area (Å²) in [6.45, 7) is 0. The molecule has 98 valence electrons. The SMILES string of the molecule is O=C(Oc1c(F)c(F)c(F)c(F)c1F)C1=C=CC=C1. The van der Waals surface area contributed by atoms with Crippen LogP contribution in [-0.4, -0.2) is 5.97 Å². The molecule has 0 radical (unpaired) electrons. The molecule has 1 aliphatic carbocycles. The number of carbonyl (C=O) groups excluding carboxylic acids is 1. The second kappa shape index (κ2) is 4.70. The number of allylic oxidation sites excluding steroid dienone is 1. The highest BCUT2D eigenvalue weighted by molar-refractivity contribution is 5.93. The summed E-state index contributed by atoms with van der Waals surface area (Å²) in [5.74, 6) is -14.0. The number of carbonyl (C=O) groups is 1. The summed E-state index contributed by atoms with van der Waals surface area (Å²) in [7, 11) is 0. The summed E-state index contributed by atoms with van der Waals surface area (Å²) in [5, 5.41) is 0. The van der Waals surface area contributed by atoms with Gasteiger partial charge in [-0.1, -0.05) is 6.08 Å². The van der Waals surface area contributed by atoms with Crippen molar-refractivity contribution < 1.29 is 31.5 Å². The summed E-state index contributed by atoms with van der Waals surface area (Å²) in [4.78, 5) is 11.4. The molecule has 0 saturated carbocycles. The molecule has 0 heterocycles. The van der Waals surface area contributed by atoms with Crippen LogP contribution in [0.1, 0.15) is 0 Å². The van der Waals surface area contributed by atoms with Gasteiger partial charge < -0.3 is 4.74 Å². The molecule has 2 rings (SSSR count). The molecule has 0 amide bonds. The first-order valence-corrected chi connectivity index (χ1v) is 4.80. The summed E-state index contributed by atoms with van der Waals surface area (Å²) < 4.78 is 69.0. The van der Waals surface area contributed by atoms with E-state index in [0.29, 0.717) is 0 Å². The van der Waals surface area contributed by atoms with E-state index in [1.165, 1.54) is 18.2 Å². The molecule has 0 N–H and O–H groups in total. The fourth-order valence-corrected chi connectivity index (χ4v) is 1.28. The molecular weight excluding hydrogens is 271 g/mol. The van der Waals surface area contributed by atoms with Crippen LogP contribution >= 0.6 is 0 Å². The normalized spacial score (nSPS) is 12.8. The first-order valence-electron chi connectivity index (χ1n) is 4.80. The Balaban J connectivity index is 2.44. The summed E-state index contributed by atoms with van der Waals surface area (Å²) in [6.07, 6.45) is 3.90. The molecule has 0 aliphatic heterocycles. The van der Waals surface area contributed by atoms with Gasteiger partial charge in [0.05, 0.1) is 0 Å². The standard InChI is InChI=1S/C12H3F5O2/c13-6-7(14)9(16)11(10(17)8(6)15)19-12(18)5-3-1-2-4-5/h1-3H. The average molecular weight is 274 g/mol.